The van der Waals surface area contributed by atoms with Gasteiger partial charge in [-0.2, -0.15) is 0 Å². The molecule has 100 valence electrons. The molecule has 0 saturated carbocycles. The normalized spacial score (nSPS) is 23.3. The molecule has 2 rings (SSSR count). The first-order valence-corrected chi connectivity index (χ1v) is 6.71. The molecule has 0 radical (unpaired) electrons. The van der Waals surface area contributed by atoms with E-state index in [0.717, 1.165) is 19.6 Å². The molecule has 1 heterocycles. The molecule has 1 aromatic rings. The molecule has 0 amide bonds. The molecule has 0 aromatic heterocycles. The molecular formula is C15H24N2O. The quantitative estimate of drug-likeness (QED) is 0.887. The van der Waals surface area contributed by atoms with Crippen molar-refractivity contribution < 1.29 is 4.74 Å². The van der Waals surface area contributed by atoms with Gasteiger partial charge in [0.15, 0.2) is 0 Å². The van der Waals surface area contributed by atoms with Crippen molar-refractivity contribution >= 4 is 0 Å². The van der Waals surface area contributed by atoms with Gasteiger partial charge in [0.1, 0.15) is 0 Å². The van der Waals surface area contributed by atoms with Gasteiger partial charge in [0, 0.05) is 24.7 Å². The minimum Gasteiger partial charge on any atom is -0.380 e. The maximum absolute atomic E-state index is 6.20. The summed E-state index contributed by atoms with van der Waals surface area (Å²) in [6.07, 6.45) is 1.10. The zero-order chi connectivity index (χ0) is 13.1. The van der Waals surface area contributed by atoms with Crippen LogP contribution in [-0.4, -0.2) is 37.2 Å². The zero-order valence-corrected chi connectivity index (χ0v) is 11.6. The molecule has 3 atom stereocenters. The Labute approximate surface area is 110 Å². The van der Waals surface area contributed by atoms with E-state index < -0.39 is 0 Å². The number of likely N-dealkylation sites (N-methyl/N-ethyl adjacent to an activating group) is 1. The molecule has 3 unspecified atom stereocenters. The van der Waals surface area contributed by atoms with Crippen LogP contribution in [0.3, 0.4) is 0 Å². The van der Waals surface area contributed by atoms with Gasteiger partial charge in [-0.3, -0.25) is 4.90 Å². The number of nitrogens with zero attached hydrogens (tertiary/aromatic N) is 1. The highest BCUT2D eigenvalue weighted by atomic mass is 16.5. The van der Waals surface area contributed by atoms with Crippen LogP contribution in [0.4, 0.5) is 0 Å². The summed E-state index contributed by atoms with van der Waals surface area (Å²) in [7, 11) is 2.16. The van der Waals surface area contributed by atoms with E-state index in [1.54, 1.807) is 0 Å². The Kier molecular flexibility index (Phi) is 4.38. The SMILES string of the molecule is Cc1cccc(C(C(C)N)N(C)C2CCOC2)c1. The predicted octanol–water partition coefficient (Wildman–Crippen LogP) is 2.10. The van der Waals surface area contributed by atoms with Gasteiger partial charge in [0.05, 0.1) is 6.61 Å². The smallest absolute Gasteiger partial charge is 0.0622 e. The summed E-state index contributed by atoms with van der Waals surface area (Å²) in [5, 5.41) is 0. The Balaban J connectivity index is 2.22. The minimum absolute atomic E-state index is 0.109. The summed E-state index contributed by atoms with van der Waals surface area (Å²) in [6, 6.07) is 9.50. The molecule has 1 aliphatic rings. The summed E-state index contributed by atoms with van der Waals surface area (Å²) in [5.74, 6) is 0. The van der Waals surface area contributed by atoms with E-state index in [1.165, 1.54) is 11.1 Å². The Hall–Kier alpha value is -0.900. The average Bonchev–Trinajstić information content (AvgIpc) is 2.82. The van der Waals surface area contributed by atoms with Gasteiger partial charge >= 0.3 is 0 Å². The number of benzene rings is 1. The molecule has 1 fully saturated rings. The number of hydrogen-bond donors (Lipinski definition) is 1. The number of aryl methyl sites for hydroxylation is 1. The Morgan fingerprint density at radius 1 is 1.44 bits per heavy atom. The third kappa shape index (κ3) is 2.91. The van der Waals surface area contributed by atoms with Crippen molar-refractivity contribution in [1.29, 1.82) is 0 Å². The first-order valence-electron chi connectivity index (χ1n) is 6.71. The minimum atomic E-state index is 0.109. The van der Waals surface area contributed by atoms with Crippen LogP contribution in [-0.2, 0) is 4.74 Å². The molecule has 3 heteroatoms. The van der Waals surface area contributed by atoms with Crippen LogP contribution < -0.4 is 5.73 Å². The van der Waals surface area contributed by atoms with E-state index in [9.17, 15) is 0 Å². The Morgan fingerprint density at radius 2 is 2.22 bits per heavy atom. The Morgan fingerprint density at radius 3 is 2.78 bits per heavy atom. The van der Waals surface area contributed by atoms with Crippen molar-refractivity contribution in [1.82, 2.24) is 4.90 Å². The topological polar surface area (TPSA) is 38.5 Å². The van der Waals surface area contributed by atoms with E-state index in [2.05, 4.69) is 50.1 Å². The van der Waals surface area contributed by atoms with Gasteiger partial charge in [0.2, 0.25) is 0 Å². The van der Waals surface area contributed by atoms with Gasteiger partial charge in [-0.05, 0) is 32.9 Å². The van der Waals surface area contributed by atoms with Gasteiger partial charge in [-0.1, -0.05) is 29.8 Å². The van der Waals surface area contributed by atoms with Crippen molar-refractivity contribution in [2.75, 3.05) is 20.3 Å². The Bertz CT molecular complexity index is 386. The van der Waals surface area contributed by atoms with E-state index >= 15 is 0 Å². The van der Waals surface area contributed by atoms with Crippen LogP contribution in [0.25, 0.3) is 0 Å². The molecule has 1 aliphatic heterocycles. The van der Waals surface area contributed by atoms with Crippen molar-refractivity contribution in [3.63, 3.8) is 0 Å². The van der Waals surface area contributed by atoms with Gasteiger partial charge in [-0.15, -0.1) is 0 Å². The second kappa shape index (κ2) is 5.83. The van der Waals surface area contributed by atoms with Crippen LogP contribution in [0.5, 0.6) is 0 Å². The monoisotopic (exact) mass is 248 g/mol. The fourth-order valence-corrected chi connectivity index (χ4v) is 2.83. The highest BCUT2D eigenvalue weighted by Gasteiger charge is 2.29. The van der Waals surface area contributed by atoms with Crippen LogP contribution in [0, 0.1) is 6.92 Å². The second-order valence-electron chi connectivity index (χ2n) is 5.40. The third-order valence-corrected chi connectivity index (χ3v) is 3.80. The first kappa shape index (κ1) is 13.5. The molecule has 0 bridgehead atoms. The summed E-state index contributed by atoms with van der Waals surface area (Å²) in [6.45, 7) is 5.90. The highest BCUT2D eigenvalue weighted by Crippen LogP contribution is 2.27. The first-order chi connectivity index (χ1) is 8.59. The molecule has 3 nitrogen and oxygen atoms in total. The molecular weight excluding hydrogens is 224 g/mol. The van der Waals surface area contributed by atoms with Gasteiger partial charge in [-0.25, -0.2) is 0 Å². The van der Waals surface area contributed by atoms with E-state index in [4.69, 9.17) is 10.5 Å². The average molecular weight is 248 g/mol. The molecule has 2 N–H and O–H groups in total. The lowest BCUT2D eigenvalue weighted by Gasteiger charge is -2.35. The third-order valence-electron chi connectivity index (χ3n) is 3.80. The van der Waals surface area contributed by atoms with Crippen LogP contribution in [0.2, 0.25) is 0 Å². The second-order valence-corrected chi connectivity index (χ2v) is 5.40. The summed E-state index contributed by atoms with van der Waals surface area (Å²) in [4.78, 5) is 2.38. The summed E-state index contributed by atoms with van der Waals surface area (Å²) >= 11 is 0. The van der Waals surface area contributed by atoms with E-state index in [0.29, 0.717) is 6.04 Å². The lowest BCUT2D eigenvalue weighted by molar-refractivity contribution is 0.123. The largest absolute Gasteiger partial charge is 0.380 e. The maximum Gasteiger partial charge on any atom is 0.0622 e. The van der Waals surface area contributed by atoms with Crippen LogP contribution in [0.1, 0.15) is 30.5 Å². The van der Waals surface area contributed by atoms with Gasteiger partial charge < -0.3 is 10.5 Å². The zero-order valence-electron chi connectivity index (χ0n) is 11.6. The van der Waals surface area contributed by atoms with Crippen molar-refractivity contribution in [2.45, 2.75) is 38.4 Å². The fraction of sp³-hybridized carbons (Fsp3) is 0.600. The molecule has 0 spiro atoms. The lowest BCUT2D eigenvalue weighted by atomic mass is 9.96. The number of ether oxygens (including phenoxy) is 1. The number of nitrogens with two attached hydrogens (primary N) is 1. The summed E-state index contributed by atoms with van der Waals surface area (Å²) < 4.78 is 5.49. The highest BCUT2D eigenvalue weighted by molar-refractivity contribution is 5.26. The molecule has 1 saturated heterocycles. The fourth-order valence-electron chi connectivity index (χ4n) is 2.83. The number of rotatable bonds is 4. The predicted molar refractivity (Wildman–Crippen MR) is 74.6 cm³/mol. The maximum atomic E-state index is 6.20. The molecule has 18 heavy (non-hydrogen) atoms. The summed E-state index contributed by atoms with van der Waals surface area (Å²) in [5.41, 5.74) is 8.80. The van der Waals surface area contributed by atoms with Crippen molar-refractivity contribution in [3.05, 3.63) is 35.4 Å². The lowest BCUT2D eigenvalue weighted by Crippen LogP contribution is -2.43. The van der Waals surface area contributed by atoms with Crippen molar-refractivity contribution in [3.8, 4) is 0 Å². The van der Waals surface area contributed by atoms with Crippen LogP contribution in [0.15, 0.2) is 24.3 Å². The van der Waals surface area contributed by atoms with Crippen molar-refractivity contribution in [2.24, 2.45) is 5.73 Å². The van der Waals surface area contributed by atoms with Gasteiger partial charge in [0.25, 0.3) is 0 Å². The van der Waals surface area contributed by atoms with E-state index in [1.807, 2.05) is 0 Å². The number of hydrogen-bond acceptors (Lipinski definition) is 3. The van der Waals surface area contributed by atoms with Crippen LogP contribution >= 0.6 is 0 Å². The molecule has 0 aliphatic carbocycles. The van der Waals surface area contributed by atoms with E-state index in [-0.39, 0.29) is 12.1 Å². The standard InChI is InChI=1S/C15H24N2O/c1-11-5-4-6-13(9-11)15(12(2)16)17(3)14-7-8-18-10-14/h4-6,9,12,14-15H,7-8,10,16H2,1-3H3. The molecule has 1 aromatic carbocycles.